The molecule has 0 spiro atoms. The predicted molar refractivity (Wildman–Crippen MR) is 537 cm³/mol. The van der Waals surface area contributed by atoms with Crippen LogP contribution in [-0.2, 0) is 80.9 Å². The first-order valence-corrected chi connectivity index (χ1v) is 43.6. The molecular weight excluding hydrogens is 2160 g/mol. The van der Waals surface area contributed by atoms with Crippen LogP contribution in [0.15, 0.2) is 215 Å². The maximum Gasteiger partial charge on any atom is 1.00 e. The number of β-amino-alcohol motifs (C(OH)–C–C–N with tert-alkyl or cyclic N) is 1. The minimum atomic E-state index is -3.83. The van der Waals surface area contributed by atoms with Crippen LogP contribution in [0.25, 0.3) is 44.1 Å². The number of Topliss-reactive ketones (excluding diaryl/α,β-unsaturated/α-hetero) is 1. The van der Waals surface area contributed by atoms with Crippen molar-refractivity contribution in [2.75, 3.05) is 44.4 Å². The number of ketones is 1. The second-order valence-corrected chi connectivity index (χ2v) is 33.7. The van der Waals surface area contributed by atoms with Crippen molar-refractivity contribution >= 4 is 171 Å². The van der Waals surface area contributed by atoms with Gasteiger partial charge in [-0.05, 0) is 181 Å². The van der Waals surface area contributed by atoms with Crippen molar-refractivity contribution in [2.24, 2.45) is 0 Å². The molecule has 4 aromatic heterocycles. The van der Waals surface area contributed by atoms with Gasteiger partial charge in [0.25, 0.3) is 5.56 Å². The zero-order chi connectivity index (χ0) is 115. The SMILES string of the molecule is C.C=CC(F)(F)Br.C=CC(F)(F)C(=O)C(=O)OCC.C=CC(F)(F)C(O)C(=O)OCC.C=CC(F)(F)c1nc2ccccc2[nH]c1=O.C=CC(F)(F)c1nc2ccccc2nc1Cl.C=CC(F)(F)c1nc2ccccc2nc1Cl.C=CC(F)(F)c1nc2ccccc2nc1O[C@@H]1C[C@@H](C(=O)O)N(C(=O)OC(C)(C)C)C1.CC(C)(C)OC(=O)N1C[C@H](O)C[C@H]1C(=O)O.CC(C)(C)[O-].CCOC(=O)C=O.Cl.Nc1ccccc1N.[3H]P([3H])[3H].[Na+]. The molecule has 816 valence electrons. The van der Waals surface area contributed by atoms with Crippen LogP contribution in [0.5, 0.6) is 5.88 Å². The summed E-state index contributed by atoms with van der Waals surface area (Å²) in [6.45, 7) is 40.0. The number of halogens is 18. The Hall–Kier alpha value is -12.2. The largest absolute Gasteiger partial charge is 1.00 e. The van der Waals surface area contributed by atoms with Gasteiger partial charge >= 0.3 is 118 Å². The number of nitrogens with zero attached hydrogens (tertiary/aromatic N) is 9. The molecule has 5 atom stereocenters. The molecule has 6 heterocycles. The maximum atomic E-state index is 14.5. The van der Waals surface area contributed by atoms with E-state index in [-0.39, 0.29) is 129 Å². The minimum absolute atomic E-state index is 0. The third-order valence-electron chi connectivity index (χ3n) is 16.9. The van der Waals surface area contributed by atoms with Crippen molar-refractivity contribution in [3.8, 4) is 5.88 Å². The number of nitrogen functional groups attached to an aromatic ring is 2. The number of H-pyrrole nitrogens is 1. The van der Waals surface area contributed by atoms with Gasteiger partial charge in [0.1, 0.15) is 29.4 Å². The standard InChI is InChI=1S/C21H23F2N3O5.2C11H7ClF2N2.C11H8F2N2O.C10H17NO5.C7H10F2O3.C7H8F2O3.C6H8N2.C4H6O3.C4H9O.C3H3BrF2.CH4.ClH.Na.H3P/c1-5-21(22,23)16-17(25-14-9-7-6-8-13(14)24-16)30-12-10-15(18(27)28)26(11-12)19(29)31-20(2,3)4;2*1-2-11(13,14)9-10(12)16-8-6-4-3-5-7(8)15-9;1-2-11(12,13)9-10(16)15-8-6-4-3-5-7(8)14-9;1-10(2,3)16-9(15)11-5-6(12)4-7(11)8(13)14;2*1-3-7(8,9)5(10)6(11)12-4-2;7-5-3-1-2-4-6(5)8;1-2-7-4(6)3-5;1-4(2,3)5;1-2-3(4,5)6;;;;/h5-9,12,15H,1,10-11H2,2-4H3,(H,27,28);2*2-6H,1H2;2-6H,1H2,(H,15,16);6-7,12H,4-5H2,1-3H3,(H,13,14);3,5,10H,1,4H2,2H3;3H,1,4H2,2H3;1-4H,7-8H2;3H,2H2,1H3;1-3H3;2H,1H2;1H4;1H;;1H3/q;;;;;;;;;-1;;;;+1;/t12-,15+;;;;6-,7+;;;;;;;;;;/m1...1........../s1/i;;;;;;;;;;;;;;1T3. The zero-order valence-electron chi connectivity index (χ0n) is 84.6. The number of aliphatic hydroxyl groups is 2. The first-order chi connectivity index (χ1) is 68.6. The molecule has 9 aromatic rings. The number of anilines is 2. The first-order valence-electron chi connectivity index (χ1n) is 43.4. The Balaban J connectivity index is -0.000000815. The summed E-state index contributed by atoms with van der Waals surface area (Å²) in [5.74, 6) is -29.3. The zero-order valence-corrected chi connectivity index (χ0v) is 88.5. The van der Waals surface area contributed by atoms with Crippen LogP contribution >= 0.6 is 61.3 Å². The molecular formula is C96H114BrCl3F14N12NaO21P. The number of hydrogen-bond donors (Lipinski definition) is 7. The number of esters is 3. The van der Waals surface area contributed by atoms with Crippen molar-refractivity contribution in [1.29, 1.82) is 3.84 Å². The van der Waals surface area contributed by atoms with Gasteiger partial charge in [-0.25, -0.2) is 68.4 Å². The number of benzene rings is 5. The number of nitrogens with two attached hydrogens (primary N) is 2. The molecule has 0 radical (unpaired) electrons. The monoisotopic (exact) mass is 2280 g/mol. The molecule has 149 heavy (non-hydrogen) atoms. The molecule has 2 aliphatic rings. The Labute approximate surface area is 901 Å². The fourth-order valence-electron chi connectivity index (χ4n) is 10.3. The van der Waals surface area contributed by atoms with E-state index in [0.717, 1.165) is 9.80 Å². The quantitative estimate of drug-likeness (QED) is 0.00299. The van der Waals surface area contributed by atoms with Crippen molar-refractivity contribution in [2.45, 2.75) is 191 Å². The number of alkyl halides is 15. The third-order valence-corrected chi connectivity index (χ3v) is 17.8. The van der Waals surface area contributed by atoms with Crippen molar-refractivity contribution in [1.82, 2.24) is 49.7 Å². The van der Waals surface area contributed by atoms with Gasteiger partial charge in [-0.15, -0.1) is 18.0 Å². The number of para-hydroxylation sites is 10. The normalized spacial score (nSPS) is 14.4. The number of likely N-dealkylation sites (tertiary alicyclic amines) is 2. The average Bonchev–Trinajstić information content (AvgIpc) is 1.41. The Kier molecular flexibility index (Phi) is 59.0. The summed E-state index contributed by atoms with van der Waals surface area (Å²) in [6.07, 6.45) is -2.96. The molecule has 2 saturated heterocycles. The van der Waals surface area contributed by atoms with E-state index in [2.05, 4.69) is 100 Å². The van der Waals surface area contributed by atoms with Crippen LogP contribution in [-0.4, -0.2) is 225 Å². The Morgan fingerprint density at radius 3 is 1.18 bits per heavy atom. The summed E-state index contributed by atoms with van der Waals surface area (Å²) in [4.78, 5) is 137. The van der Waals surface area contributed by atoms with Gasteiger partial charge in [0.05, 0.1) is 98.4 Å². The van der Waals surface area contributed by atoms with Gasteiger partial charge in [-0.3, -0.25) is 24.2 Å². The molecule has 53 heteroatoms. The van der Waals surface area contributed by atoms with E-state index in [1.165, 1.54) is 19.9 Å². The molecule has 5 aromatic carbocycles. The number of amides is 2. The number of carbonyl (C=O) groups excluding carboxylic acids is 7. The molecule has 0 saturated carbocycles. The Morgan fingerprint density at radius 1 is 0.530 bits per heavy atom. The fourth-order valence-corrected chi connectivity index (χ4v) is 10.8. The number of aromatic nitrogens is 8. The maximum absolute atomic E-state index is 14.5. The van der Waals surface area contributed by atoms with Gasteiger partial charge in [0.2, 0.25) is 18.3 Å². The smallest absolute Gasteiger partial charge is 0.850 e. The molecule has 33 nitrogen and oxygen atoms in total. The fraction of sp³-hybridized carbons (Fsp3) is 0.365. The van der Waals surface area contributed by atoms with Crippen LogP contribution < -0.4 is 56.4 Å². The van der Waals surface area contributed by atoms with E-state index in [1.54, 1.807) is 172 Å². The number of carboxylic acid groups (broad SMARTS) is 2. The van der Waals surface area contributed by atoms with E-state index < -0.39 is 179 Å². The van der Waals surface area contributed by atoms with Gasteiger partial charge in [0, 0.05) is 12.8 Å². The average molecular weight is 2280 g/mol. The van der Waals surface area contributed by atoms with Crippen LogP contribution in [0.3, 0.4) is 0 Å². The molecule has 11 rings (SSSR count). The van der Waals surface area contributed by atoms with E-state index in [4.69, 9.17) is 62.9 Å². The van der Waals surface area contributed by atoms with Crippen LogP contribution in [0.1, 0.15) is 126 Å². The number of hydrogen-bond acceptors (Lipinski definition) is 28. The minimum Gasteiger partial charge on any atom is -0.850 e. The number of rotatable bonds is 23. The number of aliphatic hydroxyl groups excluding tert-OH is 2. The Morgan fingerprint density at radius 2 is 0.852 bits per heavy atom. The number of carbonyl (C=O) groups is 9. The topological polar surface area (TPSA) is 495 Å². The van der Waals surface area contributed by atoms with Crippen LogP contribution in [0.4, 0.5) is 82.4 Å². The number of aldehydes is 1. The third kappa shape index (κ3) is 49.8. The van der Waals surface area contributed by atoms with E-state index >= 15 is 0 Å². The summed E-state index contributed by atoms with van der Waals surface area (Å²) in [5, 5.41) is 45.9. The second kappa shape index (κ2) is 64.3. The number of aliphatic carboxylic acids is 2. The molecule has 2 fully saturated rings. The summed E-state index contributed by atoms with van der Waals surface area (Å²) in [7, 11) is -1.87. The van der Waals surface area contributed by atoms with E-state index in [1.807, 2.05) is 28.1 Å². The summed E-state index contributed by atoms with van der Waals surface area (Å²) >= 11 is 13.4. The number of aromatic amines is 1. The van der Waals surface area contributed by atoms with Gasteiger partial charge in [-0.2, -0.15) is 71.2 Å². The van der Waals surface area contributed by atoms with E-state index in [9.17, 15) is 125 Å². The Bertz CT molecular complexity index is 6010. The molecule has 0 bridgehead atoms. The predicted octanol–water partition coefficient (Wildman–Crippen LogP) is 16.2. The van der Waals surface area contributed by atoms with E-state index in [0.29, 0.717) is 80.4 Å². The number of allylic oxidation sites excluding steroid dienone is 6. The van der Waals surface area contributed by atoms with Crippen molar-refractivity contribution < 1.29 is 188 Å². The van der Waals surface area contributed by atoms with Crippen LogP contribution in [0, 0.1) is 0 Å². The van der Waals surface area contributed by atoms with Crippen molar-refractivity contribution in [3.63, 3.8) is 0 Å². The second-order valence-electron chi connectivity index (χ2n) is 31.9. The summed E-state index contributed by atoms with van der Waals surface area (Å²) in [6, 6.07) is 31.3. The summed E-state index contributed by atoms with van der Waals surface area (Å²) in [5.41, 5.74) is 9.27. The number of carboxylic acids is 2. The summed E-state index contributed by atoms with van der Waals surface area (Å²) < 4.78 is 227. The molecule has 2 amide bonds. The molecule has 9 N–H and O–H groups in total. The van der Waals surface area contributed by atoms with Crippen LogP contribution in [0.2, 0.25) is 10.3 Å². The first kappa shape index (κ1) is 137. The van der Waals surface area contributed by atoms with Crippen molar-refractivity contribution in [3.05, 3.63) is 253 Å². The van der Waals surface area contributed by atoms with Gasteiger partial charge in [-0.1, -0.05) is 158 Å². The van der Waals surface area contributed by atoms with Gasteiger partial charge in [0.15, 0.2) is 33.1 Å². The molecule has 2 aliphatic heterocycles. The number of fused-ring (bicyclic) bond motifs is 4. The number of nitrogens with one attached hydrogen (secondary N) is 1. The molecule has 0 aliphatic carbocycles. The molecule has 1 unspecified atom stereocenters. The number of ether oxygens (including phenoxy) is 6. The van der Waals surface area contributed by atoms with Gasteiger partial charge < -0.3 is 70.4 Å².